The zero-order valence-electron chi connectivity index (χ0n) is 15.6. The summed E-state index contributed by atoms with van der Waals surface area (Å²) in [7, 11) is 0. The predicted octanol–water partition coefficient (Wildman–Crippen LogP) is 5.12. The third kappa shape index (κ3) is 4.07. The lowest BCUT2D eigenvalue weighted by Crippen LogP contribution is -2.28. The highest BCUT2D eigenvalue weighted by atomic mass is 32.2. The van der Waals surface area contributed by atoms with Crippen LogP contribution in [0.2, 0.25) is 0 Å². The number of halogens is 1. The Morgan fingerprint density at radius 3 is 2.64 bits per heavy atom. The summed E-state index contributed by atoms with van der Waals surface area (Å²) in [6.07, 6.45) is 5.34. The van der Waals surface area contributed by atoms with Crippen LogP contribution in [-0.4, -0.2) is 17.6 Å². The van der Waals surface area contributed by atoms with E-state index in [1.54, 1.807) is 17.0 Å². The molecule has 2 fully saturated rings. The van der Waals surface area contributed by atoms with E-state index >= 15 is 0 Å². The number of benzene rings is 2. The van der Waals surface area contributed by atoms with Gasteiger partial charge in [0.1, 0.15) is 11.2 Å². The van der Waals surface area contributed by atoms with Gasteiger partial charge >= 0.3 is 0 Å². The molecule has 1 aliphatic heterocycles. The second kappa shape index (κ2) is 8.35. The average molecular weight is 399 g/mol. The first-order chi connectivity index (χ1) is 13.6. The first kappa shape index (κ1) is 19.0. The van der Waals surface area contributed by atoms with Gasteiger partial charge in [-0.25, -0.2) is 4.39 Å². The Balaban J connectivity index is 1.54. The predicted molar refractivity (Wildman–Crippen MR) is 111 cm³/mol. The number of nitrogens with one attached hydrogen (secondary N) is 1. The molecule has 2 aromatic rings. The van der Waals surface area contributed by atoms with Gasteiger partial charge in [0, 0.05) is 17.3 Å². The second-order valence-electron chi connectivity index (χ2n) is 7.36. The highest BCUT2D eigenvalue weighted by molar-refractivity contribution is 8.00. The molecule has 1 heterocycles. The SMILES string of the molecule is O=C(Nc1cccc([C@@H]2SCC(=O)N2c2cccc(F)c2)c1)C1CCCCC1. The molecule has 0 bridgehead atoms. The van der Waals surface area contributed by atoms with Crippen LogP contribution in [0.1, 0.15) is 43.0 Å². The lowest BCUT2D eigenvalue weighted by atomic mass is 9.88. The molecule has 4 nitrogen and oxygen atoms in total. The zero-order chi connectivity index (χ0) is 19.5. The van der Waals surface area contributed by atoms with Gasteiger partial charge in [-0.1, -0.05) is 37.5 Å². The second-order valence-corrected chi connectivity index (χ2v) is 8.43. The number of nitrogens with zero attached hydrogens (tertiary/aromatic N) is 1. The number of anilines is 2. The van der Waals surface area contributed by atoms with Crippen LogP contribution < -0.4 is 10.2 Å². The van der Waals surface area contributed by atoms with E-state index in [-0.39, 0.29) is 28.9 Å². The number of carbonyl (C=O) groups excluding carboxylic acids is 2. The maximum atomic E-state index is 13.7. The topological polar surface area (TPSA) is 49.4 Å². The Kier molecular flexibility index (Phi) is 5.67. The molecule has 1 saturated carbocycles. The quantitative estimate of drug-likeness (QED) is 0.777. The first-order valence-electron chi connectivity index (χ1n) is 9.72. The molecule has 0 unspecified atom stereocenters. The van der Waals surface area contributed by atoms with E-state index in [1.807, 2.05) is 24.3 Å². The molecule has 2 amide bonds. The van der Waals surface area contributed by atoms with Crippen molar-refractivity contribution in [2.24, 2.45) is 5.92 Å². The zero-order valence-corrected chi connectivity index (χ0v) is 16.4. The molecule has 0 aromatic heterocycles. The monoisotopic (exact) mass is 398 g/mol. The Morgan fingerprint density at radius 2 is 1.86 bits per heavy atom. The summed E-state index contributed by atoms with van der Waals surface area (Å²) in [6, 6.07) is 13.7. The molecule has 1 aliphatic carbocycles. The van der Waals surface area contributed by atoms with Crippen molar-refractivity contribution in [2.75, 3.05) is 16.0 Å². The van der Waals surface area contributed by atoms with E-state index in [0.717, 1.165) is 36.9 Å². The van der Waals surface area contributed by atoms with Crippen LogP contribution in [0.25, 0.3) is 0 Å². The van der Waals surface area contributed by atoms with Crippen molar-refractivity contribution in [3.63, 3.8) is 0 Å². The van der Waals surface area contributed by atoms with Crippen molar-refractivity contribution in [2.45, 2.75) is 37.5 Å². The smallest absolute Gasteiger partial charge is 0.238 e. The van der Waals surface area contributed by atoms with Crippen LogP contribution in [0.3, 0.4) is 0 Å². The number of rotatable bonds is 4. The number of hydrogen-bond acceptors (Lipinski definition) is 3. The number of thioether (sulfide) groups is 1. The van der Waals surface area contributed by atoms with Gasteiger partial charge in [0.2, 0.25) is 11.8 Å². The molecule has 4 rings (SSSR count). The van der Waals surface area contributed by atoms with Crippen molar-refractivity contribution >= 4 is 35.0 Å². The summed E-state index contributed by atoms with van der Waals surface area (Å²) in [5.74, 6) is 0.101. The molecule has 1 N–H and O–H groups in total. The van der Waals surface area contributed by atoms with E-state index in [2.05, 4.69) is 5.32 Å². The number of hydrogen-bond donors (Lipinski definition) is 1. The fraction of sp³-hybridized carbons (Fsp3) is 0.364. The average Bonchev–Trinajstić information content (AvgIpc) is 3.10. The summed E-state index contributed by atoms with van der Waals surface area (Å²) in [6.45, 7) is 0. The molecule has 0 spiro atoms. The standard InChI is InChI=1S/C22H23FN2O2S/c23-17-9-5-11-19(13-17)25-20(26)14-28-22(25)16-8-4-10-18(12-16)24-21(27)15-6-2-1-3-7-15/h4-5,8-13,15,22H,1-3,6-7,14H2,(H,24,27)/t22-/m0/s1. The molecule has 28 heavy (non-hydrogen) atoms. The molecule has 0 radical (unpaired) electrons. The summed E-state index contributed by atoms with van der Waals surface area (Å²) < 4.78 is 13.7. The van der Waals surface area contributed by atoms with Crippen molar-refractivity contribution in [1.82, 2.24) is 0 Å². The summed E-state index contributed by atoms with van der Waals surface area (Å²) in [5.41, 5.74) is 2.21. The van der Waals surface area contributed by atoms with E-state index in [9.17, 15) is 14.0 Å². The lowest BCUT2D eigenvalue weighted by molar-refractivity contribution is -0.120. The van der Waals surface area contributed by atoms with Crippen molar-refractivity contribution < 1.29 is 14.0 Å². The Labute approximate surface area is 168 Å². The fourth-order valence-electron chi connectivity index (χ4n) is 3.95. The van der Waals surface area contributed by atoms with Gasteiger partial charge in [-0.3, -0.25) is 14.5 Å². The van der Waals surface area contributed by atoms with E-state index in [1.165, 1.54) is 30.3 Å². The normalized spacial score (nSPS) is 20.4. The molecular formula is C22H23FN2O2S. The summed E-state index contributed by atoms with van der Waals surface area (Å²) >= 11 is 1.51. The van der Waals surface area contributed by atoms with Gasteiger partial charge in [-0.15, -0.1) is 11.8 Å². The van der Waals surface area contributed by atoms with Crippen molar-refractivity contribution in [3.05, 3.63) is 59.9 Å². The molecule has 2 aromatic carbocycles. The van der Waals surface area contributed by atoms with Crippen molar-refractivity contribution in [1.29, 1.82) is 0 Å². The maximum absolute atomic E-state index is 13.7. The Hall–Kier alpha value is -2.34. The summed E-state index contributed by atoms with van der Waals surface area (Å²) in [4.78, 5) is 26.6. The van der Waals surface area contributed by atoms with Gasteiger partial charge in [-0.2, -0.15) is 0 Å². The van der Waals surface area contributed by atoms with Crippen LogP contribution in [0.5, 0.6) is 0 Å². The Morgan fingerprint density at radius 1 is 1.07 bits per heavy atom. The van der Waals surface area contributed by atoms with Gasteiger partial charge < -0.3 is 5.32 Å². The minimum absolute atomic E-state index is 0.0442. The molecule has 146 valence electrons. The summed E-state index contributed by atoms with van der Waals surface area (Å²) in [5, 5.41) is 2.80. The van der Waals surface area contributed by atoms with Crippen LogP contribution in [0, 0.1) is 11.7 Å². The van der Waals surface area contributed by atoms with E-state index < -0.39 is 0 Å². The van der Waals surface area contributed by atoms with Gasteiger partial charge in [0.05, 0.1) is 5.75 Å². The van der Waals surface area contributed by atoms with E-state index in [0.29, 0.717) is 11.4 Å². The maximum Gasteiger partial charge on any atom is 0.238 e. The molecule has 2 aliphatic rings. The molecular weight excluding hydrogens is 375 g/mol. The molecule has 1 atom stereocenters. The highest BCUT2D eigenvalue weighted by Crippen LogP contribution is 2.42. The van der Waals surface area contributed by atoms with Gasteiger partial charge in [-0.05, 0) is 48.7 Å². The molecule has 6 heteroatoms. The van der Waals surface area contributed by atoms with Gasteiger partial charge in [0.15, 0.2) is 0 Å². The molecule has 1 saturated heterocycles. The number of carbonyl (C=O) groups is 2. The lowest BCUT2D eigenvalue weighted by Gasteiger charge is -2.25. The van der Waals surface area contributed by atoms with Crippen LogP contribution in [-0.2, 0) is 9.59 Å². The minimum Gasteiger partial charge on any atom is -0.326 e. The van der Waals surface area contributed by atoms with Gasteiger partial charge in [0.25, 0.3) is 0 Å². The first-order valence-corrected chi connectivity index (χ1v) is 10.8. The van der Waals surface area contributed by atoms with Crippen LogP contribution in [0.15, 0.2) is 48.5 Å². The van der Waals surface area contributed by atoms with Crippen LogP contribution in [0.4, 0.5) is 15.8 Å². The minimum atomic E-state index is -0.366. The van der Waals surface area contributed by atoms with Crippen molar-refractivity contribution in [3.8, 4) is 0 Å². The highest BCUT2D eigenvalue weighted by Gasteiger charge is 2.34. The fourth-order valence-corrected chi connectivity index (χ4v) is 5.12. The van der Waals surface area contributed by atoms with E-state index in [4.69, 9.17) is 0 Å². The third-order valence-electron chi connectivity index (χ3n) is 5.37. The Bertz CT molecular complexity index is 882. The number of amides is 2. The van der Waals surface area contributed by atoms with Crippen LogP contribution >= 0.6 is 11.8 Å². The largest absolute Gasteiger partial charge is 0.326 e. The third-order valence-corrected chi connectivity index (χ3v) is 6.58.